The van der Waals surface area contributed by atoms with Gasteiger partial charge in [-0.3, -0.25) is 4.79 Å². The van der Waals surface area contributed by atoms with Gasteiger partial charge in [-0.25, -0.2) is 4.63 Å². The topological polar surface area (TPSA) is 85.2 Å². The summed E-state index contributed by atoms with van der Waals surface area (Å²) in [6, 6.07) is 10.3. The third-order valence-electron chi connectivity index (χ3n) is 3.67. The minimum Gasteiger partial charge on any atom is -0.379 e. The molecular weight excluding hydrogens is 256 g/mol. The summed E-state index contributed by atoms with van der Waals surface area (Å²) in [5.74, 6) is -0.137. The van der Waals surface area contributed by atoms with Gasteiger partial charge in [0.05, 0.1) is 0 Å². The van der Waals surface area contributed by atoms with E-state index in [1.165, 1.54) is 5.56 Å². The zero-order valence-corrected chi connectivity index (χ0v) is 11.0. The highest BCUT2D eigenvalue weighted by Crippen LogP contribution is 2.23. The number of likely N-dealkylation sites (tertiary alicyclic amines) is 1. The molecule has 2 heterocycles. The lowest BCUT2D eigenvalue weighted by Crippen LogP contribution is -2.37. The van der Waals surface area contributed by atoms with Crippen LogP contribution in [0.1, 0.15) is 28.9 Å². The number of rotatable bonds is 3. The number of nitrogens with two attached hydrogens (primary N) is 1. The lowest BCUT2D eigenvalue weighted by atomic mass is 10.0. The van der Waals surface area contributed by atoms with E-state index in [-0.39, 0.29) is 23.5 Å². The van der Waals surface area contributed by atoms with Crippen LogP contribution in [0.25, 0.3) is 0 Å². The number of anilines is 1. The highest BCUT2D eigenvalue weighted by atomic mass is 16.6. The fourth-order valence-corrected chi connectivity index (χ4v) is 2.68. The van der Waals surface area contributed by atoms with Crippen LogP contribution in [0.3, 0.4) is 0 Å². The van der Waals surface area contributed by atoms with Crippen LogP contribution in [0.2, 0.25) is 0 Å². The number of hydrogen-bond donors (Lipinski definition) is 1. The molecule has 2 aromatic rings. The second kappa shape index (κ2) is 5.32. The van der Waals surface area contributed by atoms with Gasteiger partial charge in [0, 0.05) is 12.6 Å². The standard InChI is InChI=1S/C14H16N4O2/c15-13-12(16-20-17-13)14(19)18-8-4-7-11(18)9-10-5-2-1-3-6-10/h1-3,5-6,11H,4,7-9H2,(H2,15,17). The third-order valence-corrected chi connectivity index (χ3v) is 3.67. The van der Waals surface area contributed by atoms with E-state index < -0.39 is 0 Å². The van der Waals surface area contributed by atoms with E-state index in [1.807, 2.05) is 23.1 Å². The van der Waals surface area contributed by atoms with Crippen LogP contribution in [0.4, 0.5) is 5.82 Å². The van der Waals surface area contributed by atoms with Gasteiger partial charge in [0.2, 0.25) is 11.5 Å². The summed E-state index contributed by atoms with van der Waals surface area (Å²) in [5.41, 5.74) is 6.93. The van der Waals surface area contributed by atoms with Crippen molar-refractivity contribution >= 4 is 11.7 Å². The van der Waals surface area contributed by atoms with Gasteiger partial charge >= 0.3 is 0 Å². The molecule has 1 amide bonds. The summed E-state index contributed by atoms with van der Waals surface area (Å²) in [6.07, 6.45) is 2.83. The van der Waals surface area contributed by atoms with Crippen LogP contribution in [0, 0.1) is 0 Å². The minimum atomic E-state index is -0.192. The summed E-state index contributed by atoms with van der Waals surface area (Å²) >= 11 is 0. The maximum Gasteiger partial charge on any atom is 0.280 e. The van der Waals surface area contributed by atoms with E-state index in [1.54, 1.807) is 0 Å². The number of benzene rings is 1. The second-order valence-electron chi connectivity index (χ2n) is 4.98. The van der Waals surface area contributed by atoms with E-state index in [0.29, 0.717) is 0 Å². The van der Waals surface area contributed by atoms with Crippen molar-refractivity contribution in [3.63, 3.8) is 0 Å². The highest BCUT2D eigenvalue weighted by Gasteiger charge is 2.32. The summed E-state index contributed by atoms with van der Waals surface area (Å²) in [6.45, 7) is 0.725. The first-order chi connectivity index (χ1) is 9.75. The van der Waals surface area contributed by atoms with Crippen LogP contribution in [0.5, 0.6) is 0 Å². The first-order valence-corrected chi connectivity index (χ1v) is 6.68. The average Bonchev–Trinajstić information content (AvgIpc) is 3.08. The molecule has 6 heteroatoms. The fraction of sp³-hybridized carbons (Fsp3) is 0.357. The molecule has 0 radical (unpaired) electrons. The predicted molar refractivity (Wildman–Crippen MR) is 72.9 cm³/mol. The first-order valence-electron chi connectivity index (χ1n) is 6.68. The van der Waals surface area contributed by atoms with E-state index in [4.69, 9.17) is 5.73 Å². The normalized spacial score (nSPS) is 18.4. The van der Waals surface area contributed by atoms with Crippen molar-refractivity contribution in [3.8, 4) is 0 Å². The van der Waals surface area contributed by atoms with Crippen LogP contribution in [-0.2, 0) is 6.42 Å². The average molecular weight is 272 g/mol. The van der Waals surface area contributed by atoms with Gasteiger partial charge in [0.1, 0.15) is 0 Å². The summed E-state index contributed by atoms with van der Waals surface area (Å²) in [7, 11) is 0. The van der Waals surface area contributed by atoms with Gasteiger partial charge in [0.15, 0.2) is 0 Å². The predicted octanol–water partition coefficient (Wildman–Crippen LogP) is 1.50. The summed E-state index contributed by atoms with van der Waals surface area (Å²) in [5, 5.41) is 7.06. The number of nitrogen functional groups attached to an aromatic ring is 1. The Labute approximate surface area is 116 Å². The SMILES string of the molecule is Nc1nonc1C(=O)N1CCCC1Cc1ccccc1. The summed E-state index contributed by atoms with van der Waals surface area (Å²) in [4.78, 5) is 14.2. The van der Waals surface area contributed by atoms with E-state index in [2.05, 4.69) is 27.1 Å². The third kappa shape index (κ3) is 2.36. The Morgan fingerprint density at radius 2 is 2.15 bits per heavy atom. The number of nitrogens with zero attached hydrogens (tertiary/aromatic N) is 3. The molecule has 1 aliphatic rings. The molecule has 1 aromatic carbocycles. The zero-order chi connectivity index (χ0) is 13.9. The van der Waals surface area contributed by atoms with Crippen LogP contribution in [0.15, 0.2) is 35.0 Å². The lowest BCUT2D eigenvalue weighted by Gasteiger charge is -2.23. The van der Waals surface area contributed by atoms with Gasteiger partial charge in [-0.1, -0.05) is 30.3 Å². The van der Waals surface area contributed by atoms with Crippen molar-refractivity contribution in [1.82, 2.24) is 15.2 Å². The molecule has 0 spiro atoms. The monoisotopic (exact) mass is 272 g/mol. The van der Waals surface area contributed by atoms with Gasteiger partial charge in [-0.05, 0) is 35.1 Å². The summed E-state index contributed by atoms with van der Waals surface area (Å²) < 4.78 is 4.51. The molecule has 1 unspecified atom stereocenters. The molecule has 1 aliphatic heterocycles. The van der Waals surface area contributed by atoms with Gasteiger partial charge in [0.25, 0.3) is 5.91 Å². The molecule has 1 atom stereocenters. The number of hydrogen-bond acceptors (Lipinski definition) is 5. The maximum absolute atomic E-state index is 12.4. The van der Waals surface area contributed by atoms with E-state index in [9.17, 15) is 4.79 Å². The van der Waals surface area contributed by atoms with Gasteiger partial charge in [-0.2, -0.15) is 0 Å². The van der Waals surface area contributed by atoms with Gasteiger partial charge < -0.3 is 10.6 Å². The molecule has 0 saturated carbocycles. The Bertz CT molecular complexity index is 596. The molecular formula is C14H16N4O2. The molecule has 2 N–H and O–H groups in total. The Morgan fingerprint density at radius 1 is 1.35 bits per heavy atom. The molecule has 0 aliphatic carbocycles. The largest absolute Gasteiger partial charge is 0.379 e. The van der Waals surface area contributed by atoms with Crippen molar-refractivity contribution in [3.05, 3.63) is 41.6 Å². The van der Waals surface area contributed by atoms with Crippen LogP contribution < -0.4 is 5.73 Å². The van der Waals surface area contributed by atoms with Crippen molar-refractivity contribution in [2.24, 2.45) is 0 Å². The van der Waals surface area contributed by atoms with E-state index in [0.717, 1.165) is 25.8 Å². The first kappa shape index (κ1) is 12.7. The molecule has 104 valence electrons. The molecule has 6 nitrogen and oxygen atoms in total. The minimum absolute atomic E-state index is 0.0559. The lowest BCUT2D eigenvalue weighted by molar-refractivity contribution is 0.0726. The van der Waals surface area contributed by atoms with Crippen LogP contribution in [-0.4, -0.2) is 33.7 Å². The quantitative estimate of drug-likeness (QED) is 0.915. The van der Waals surface area contributed by atoms with Crippen LogP contribution >= 0.6 is 0 Å². The van der Waals surface area contributed by atoms with Crippen molar-refractivity contribution in [2.75, 3.05) is 12.3 Å². The number of carbonyl (C=O) groups is 1. The fourth-order valence-electron chi connectivity index (χ4n) is 2.68. The zero-order valence-electron chi connectivity index (χ0n) is 11.0. The molecule has 1 saturated heterocycles. The van der Waals surface area contributed by atoms with Crippen molar-refractivity contribution in [1.29, 1.82) is 0 Å². The molecule has 1 aromatic heterocycles. The number of aromatic nitrogens is 2. The van der Waals surface area contributed by atoms with E-state index >= 15 is 0 Å². The Kier molecular flexibility index (Phi) is 3.37. The Hall–Kier alpha value is -2.37. The molecule has 1 fully saturated rings. The molecule has 0 bridgehead atoms. The van der Waals surface area contributed by atoms with Gasteiger partial charge in [-0.15, -0.1) is 0 Å². The molecule has 3 rings (SSSR count). The Morgan fingerprint density at radius 3 is 2.85 bits per heavy atom. The second-order valence-corrected chi connectivity index (χ2v) is 4.98. The maximum atomic E-state index is 12.4. The number of carbonyl (C=O) groups excluding carboxylic acids is 1. The highest BCUT2D eigenvalue weighted by molar-refractivity contribution is 5.96. The Balaban J connectivity index is 1.76. The molecule has 20 heavy (non-hydrogen) atoms. The number of amides is 1. The van der Waals surface area contributed by atoms with Crippen molar-refractivity contribution in [2.45, 2.75) is 25.3 Å². The smallest absolute Gasteiger partial charge is 0.280 e. The van der Waals surface area contributed by atoms with Crippen molar-refractivity contribution < 1.29 is 9.42 Å².